The van der Waals surface area contributed by atoms with E-state index in [-0.39, 0.29) is 27.2 Å². The highest BCUT2D eigenvalue weighted by Crippen LogP contribution is 2.34. The summed E-state index contributed by atoms with van der Waals surface area (Å²) in [7, 11) is -0.900. The first-order valence-electron chi connectivity index (χ1n) is 9.04. The van der Waals surface area contributed by atoms with E-state index in [9.17, 15) is 13.2 Å². The van der Waals surface area contributed by atoms with Crippen LogP contribution >= 0.6 is 11.8 Å². The van der Waals surface area contributed by atoms with Gasteiger partial charge in [-0.1, -0.05) is 18.2 Å². The number of benzene rings is 2. The highest BCUT2D eigenvalue weighted by atomic mass is 32.2. The van der Waals surface area contributed by atoms with Gasteiger partial charge in [-0.15, -0.1) is 11.8 Å². The predicted octanol–water partition coefficient (Wildman–Crippen LogP) is 2.68. The molecule has 1 amide bonds. The van der Waals surface area contributed by atoms with E-state index in [0.29, 0.717) is 17.2 Å². The molecule has 0 aliphatic rings. The Hall–Kier alpha value is -3.18. The van der Waals surface area contributed by atoms with Gasteiger partial charge in [-0.05, 0) is 30.5 Å². The van der Waals surface area contributed by atoms with Crippen molar-refractivity contribution in [1.82, 2.24) is 9.78 Å². The van der Waals surface area contributed by atoms with E-state index in [1.807, 2.05) is 0 Å². The molecule has 0 aliphatic heterocycles. The number of amides is 1. The van der Waals surface area contributed by atoms with Gasteiger partial charge >= 0.3 is 0 Å². The third-order valence-electron chi connectivity index (χ3n) is 4.41. The Morgan fingerprint density at radius 3 is 2.48 bits per heavy atom. The highest BCUT2D eigenvalue weighted by molar-refractivity contribution is 7.99. The van der Waals surface area contributed by atoms with Crippen molar-refractivity contribution in [1.29, 1.82) is 0 Å². The van der Waals surface area contributed by atoms with Crippen LogP contribution in [0.5, 0.6) is 11.5 Å². The first kappa shape index (κ1) is 22.5. The van der Waals surface area contributed by atoms with E-state index in [2.05, 4.69) is 10.4 Å². The minimum atomic E-state index is -3.90. The maximum atomic E-state index is 13.1. The standard InChI is InChI=1S/C20H22N4O5S2/c1-28-13-9-10-15(16(11-13)29-2)22-17(25)12-24-19(21)18(20(23-24)30-3)31(26,27)14-7-5-4-6-8-14/h4-11H,12,21H2,1-3H3,(H,22,25). The smallest absolute Gasteiger partial charge is 0.246 e. The van der Waals surface area contributed by atoms with Crippen LogP contribution in [0.25, 0.3) is 0 Å². The quantitative estimate of drug-likeness (QED) is 0.490. The Bertz CT molecular complexity index is 1190. The molecule has 0 saturated carbocycles. The Balaban J connectivity index is 1.89. The third kappa shape index (κ3) is 4.62. The number of nitrogen functional groups attached to an aromatic ring is 1. The predicted molar refractivity (Wildman–Crippen MR) is 118 cm³/mol. The van der Waals surface area contributed by atoms with Crippen molar-refractivity contribution in [3.8, 4) is 11.5 Å². The number of ether oxygens (including phenoxy) is 2. The summed E-state index contributed by atoms with van der Waals surface area (Å²) in [6.07, 6.45) is 1.69. The topological polar surface area (TPSA) is 126 Å². The van der Waals surface area contributed by atoms with Crippen LogP contribution in [0.4, 0.5) is 11.5 Å². The number of anilines is 2. The number of carbonyl (C=O) groups excluding carboxylic acids is 1. The lowest BCUT2D eigenvalue weighted by atomic mass is 10.2. The summed E-state index contributed by atoms with van der Waals surface area (Å²) in [6.45, 7) is -0.279. The van der Waals surface area contributed by atoms with E-state index in [1.165, 1.54) is 31.0 Å². The average molecular weight is 463 g/mol. The Labute approximate surface area is 184 Å². The fourth-order valence-electron chi connectivity index (χ4n) is 2.89. The minimum absolute atomic E-state index is 0.101. The van der Waals surface area contributed by atoms with Crippen molar-refractivity contribution in [2.24, 2.45) is 0 Å². The first-order chi connectivity index (χ1) is 14.8. The van der Waals surface area contributed by atoms with Crippen LogP contribution in [0.2, 0.25) is 0 Å². The van der Waals surface area contributed by atoms with Crippen molar-refractivity contribution >= 4 is 39.0 Å². The molecule has 3 rings (SSSR count). The third-order valence-corrected chi connectivity index (χ3v) is 7.04. The number of rotatable bonds is 8. The monoisotopic (exact) mass is 462 g/mol. The molecule has 1 aromatic heterocycles. The van der Waals surface area contributed by atoms with Crippen LogP contribution in [0.15, 0.2) is 63.3 Å². The summed E-state index contributed by atoms with van der Waals surface area (Å²) in [4.78, 5) is 12.6. The number of thioether (sulfide) groups is 1. The molecule has 0 unspecified atom stereocenters. The van der Waals surface area contributed by atoms with Gasteiger partial charge in [0, 0.05) is 6.07 Å². The van der Waals surface area contributed by atoms with Crippen molar-refractivity contribution in [2.45, 2.75) is 21.4 Å². The Morgan fingerprint density at radius 2 is 1.87 bits per heavy atom. The van der Waals surface area contributed by atoms with Gasteiger partial charge < -0.3 is 20.5 Å². The van der Waals surface area contributed by atoms with Crippen molar-refractivity contribution in [2.75, 3.05) is 31.5 Å². The molecule has 11 heteroatoms. The first-order valence-corrected chi connectivity index (χ1v) is 11.7. The summed E-state index contributed by atoms with van der Waals surface area (Å²) < 4.78 is 37.8. The van der Waals surface area contributed by atoms with Gasteiger partial charge in [-0.25, -0.2) is 13.1 Å². The maximum Gasteiger partial charge on any atom is 0.246 e. The fraction of sp³-hybridized carbons (Fsp3) is 0.200. The molecule has 0 bridgehead atoms. The molecule has 3 N–H and O–H groups in total. The van der Waals surface area contributed by atoms with Gasteiger partial charge in [-0.2, -0.15) is 5.10 Å². The zero-order valence-electron chi connectivity index (χ0n) is 17.2. The molecule has 0 atom stereocenters. The maximum absolute atomic E-state index is 13.1. The number of aromatic nitrogens is 2. The number of sulfone groups is 1. The summed E-state index contributed by atoms with van der Waals surface area (Å²) >= 11 is 1.14. The molecule has 9 nitrogen and oxygen atoms in total. The number of nitrogens with two attached hydrogens (primary N) is 1. The molecular weight excluding hydrogens is 440 g/mol. The van der Waals surface area contributed by atoms with E-state index in [0.717, 1.165) is 11.8 Å². The largest absolute Gasteiger partial charge is 0.497 e. The van der Waals surface area contributed by atoms with Gasteiger partial charge in [0.05, 0.1) is 24.8 Å². The van der Waals surface area contributed by atoms with Crippen LogP contribution in [-0.4, -0.2) is 44.6 Å². The van der Waals surface area contributed by atoms with Gasteiger partial charge in [0.15, 0.2) is 0 Å². The number of methoxy groups -OCH3 is 2. The molecule has 2 aromatic carbocycles. The van der Waals surface area contributed by atoms with Crippen LogP contribution in [0, 0.1) is 0 Å². The lowest BCUT2D eigenvalue weighted by Crippen LogP contribution is -2.21. The van der Waals surface area contributed by atoms with Gasteiger partial charge in [0.1, 0.15) is 33.8 Å². The molecule has 0 fully saturated rings. The van der Waals surface area contributed by atoms with Crippen LogP contribution in [0.3, 0.4) is 0 Å². The van der Waals surface area contributed by atoms with E-state index >= 15 is 0 Å². The normalized spacial score (nSPS) is 11.2. The van der Waals surface area contributed by atoms with E-state index in [1.54, 1.807) is 42.7 Å². The lowest BCUT2D eigenvalue weighted by Gasteiger charge is -2.12. The fourth-order valence-corrected chi connectivity index (χ4v) is 5.34. The number of hydrogen-bond donors (Lipinski definition) is 2. The SMILES string of the molecule is COc1ccc(NC(=O)Cn2nc(SC)c(S(=O)(=O)c3ccccc3)c2N)c(OC)c1. The average Bonchev–Trinajstić information content (AvgIpc) is 3.10. The van der Waals surface area contributed by atoms with Crippen LogP contribution < -0.4 is 20.5 Å². The Kier molecular flexibility index (Phi) is 6.76. The zero-order valence-corrected chi connectivity index (χ0v) is 18.8. The summed E-state index contributed by atoms with van der Waals surface area (Å²) in [6, 6.07) is 12.9. The molecule has 3 aromatic rings. The molecule has 1 heterocycles. The second-order valence-corrected chi connectivity index (χ2v) is 8.99. The van der Waals surface area contributed by atoms with E-state index in [4.69, 9.17) is 15.2 Å². The van der Waals surface area contributed by atoms with Crippen molar-refractivity contribution in [3.05, 3.63) is 48.5 Å². The van der Waals surface area contributed by atoms with Crippen LogP contribution in [0.1, 0.15) is 0 Å². The zero-order chi connectivity index (χ0) is 22.6. The molecule has 0 aliphatic carbocycles. The van der Waals surface area contributed by atoms with Crippen LogP contribution in [-0.2, 0) is 21.2 Å². The minimum Gasteiger partial charge on any atom is -0.497 e. The molecule has 0 radical (unpaired) electrons. The van der Waals surface area contributed by atoms with Crippen molar-refractivity contribution in [3.63, 3.8) is 0 Å². The summed E-state index contributed by atoms with van der Waals surface area (Å²) in [5, 5.41) is 7.17. The van der Waals surface area contributed by atoms with E-state index < -0.39 is 15.7 Å². The summed E-state index contributed by atoms with van der Waals surface area (Å²) in [5.41, 5.74) is 6.56. The molecule has 0 spiro atoms. The highest BCUT2D eigenvalue weighted by Gasteiger charge is 2.29. The Morgan fingerprint density at radius 1 is 1.16 bits per heavy atom. The molecule has 31 heavy (non-hydrogen) atoms. The molecule has 164 valence electrons. The van der Waals surface area contributed by atoms with Gasteiger partial charge in [-0.3, -0.25) is 4.79 Å². The molecule has 0 saturated heterocycles. The number of nitrogens with zero attached hydrogens (tertiary/aromatic N) is 2. The van der Waals surface area contributed by atoms with Crippen molar-refractivity contribution < 1.29 is 22.7 Å². The molecular formula is C20H22N4O5S2. The van der Waals surface area contributed by atoms with Gasteiger partial charge in [0.2, 0.25) is 15.7 Å². The number of nitrogens with one attached hydrogen (secondary N) is 1. The second-order valence-electron chi connectivity index (χ2n) is 6.31. The number of carbonyl (C=O) groups is 1. The van der Waals surface area contributed by atoms with Gasteiger partial charge in [0.25, 0.3) is 0 Å². The number of hydrogen-bond acceptors (Lipinski definition) is 8. The lowest BCUT2D eigenvalue weighted by molar-refractivity contribution is -0.116. The second kappa shape index (κ2) is 9.31. The summed E-state index contributed by atoms with van der Waals surface area (Å²) in [5.74, 6) is 0.434.